The fourth-order valence-electron chi connectivity index (χ4n) is 4.27. The molecule has 6 nitrogen and oxygen atoms in total. The first-order valence-electron chi connectivity index (χ1n) is 8.79. The maximum Gasteiger partial charge on any atom is 0.416 e. The van der Waals surface area contributed by atoms with Gasteiger partial charge in [0.05, 0.1) is 17.4 Å². The predicted molar refractivity (Wildman–Crippen MR) is 90.9 cm³/mol. The summed E-state index contributed by atoms with van der Waals surface area (Å²) in [6.45, 7) is 1.65. The van der Waals surface area contributed by atoms with Crippen molar-refractivity contribution in [3.8, 4) is 17.0 Å². The second-order valence-electron chi connectivity index (χ2n) is 7.35. The number of aromatic nitrogens is 3. The summed E-state index contributed by atoms with van der Waals surface area (Å²) in [5.41, 5.74) is -0.135. The van der Waals surface area contributed by atoms with Crippen LogP contribution in [0.1, 0.15) is 30.5 Å². The minimum absolute atomic E-state index is 0.0882. The van der Waals surface area contributed by atoms with Crippen LogP contribution in [0.4, 0.5) is 19.1 Å². The van der Waals surface area contributed by atoms with Gasteiger partial charge in [0.1, 0.15) is 11.4 Å². The largest absolute Gasteiger partial charge is 0.507 e. The van der Waals surface area contributed by atoms with Gasteiger partial charge in [-0.1, -0.05) is 0 Å². The van der Waals surface area contributed by atoms with Gasteiger partial charge in [-0.3, -0.25) is 0 Å². The molecule has 3 N–H and O–H groups in total. The fourth-order valence-corrected chi connectivity index (χ4v) is 4.27. The SMILES string of the molecule is Cc1nc(N[C@@H]2C[C@H]3C[C@@H]2[C@@H](O)C3)nnc1-c1ccc(C(F)(F)F)cc1O. The van der Waals surface area contributed by atoms with Gasteiger partial charge in [-0.15, -0.1) is 10.2 Å². The fraction of sp³-hybridized carbons (Fsp3) is 0.500. The number of aliphatic hydroxyl groups is 1. The van der Waals surface area contributed by atoms with Gasteiger partial charge in [0, 0.05) is 17.5 Å². The number of hydrogen-bond acceptors (Lipinski definition) is 6. The molecule has 144 valence electrons. The lowest BCUT2D eigenvalue weighted by Crippen LogP contribution is -2.35. The number of benzene rings is 1. The first-order chi connectivity index (χ1) is 12.7. The molecule has 1 aromatic carbocycles. The van der Waals surface area contributed by atoms with Crippen molar-refractivity contribution in [3.63, 3.8) is 0 Å². The Hall–Kier alpha value is -2.42. The molecule has 0 aliphatic heterocycles. The number of hydrogen-bond donors (Lipinski definition) is 3. The van der Waals surface area contributed by atoms with Crippen LogP contribution >= 0.6 is 0 Å². The van der Waals surface area contributed by atoms with E-state index in [1.807, 2.05) is 0 Å². The molecule has 2 aromatic rings. The van der Waals surface area contributed by atoms with Crippen LogP contribution in [-0.4, -0.2) is 37.5 Å². The van der Waals surface area contributed by atoms with Crippen LogP contribution in [0, 0.1) is 18.8 Å². The first kappa shape index (κ1) is 18.0. The number of phenolic OH excluding ortho intramolecular Hbond substituents is 1. The number of alkyl halides is 3. The molecule has 0 unspecified atom stereocenters. The van der Waals surface area contributed by atoms with E-state index in [1.165, 1.54) is 0 Å². The predicted octanol–water partition coefficient (Wildman–Crippen LogP) is 3.14. The summed E-state index contributed by atoms with van der Waals surface area (Å²) in [7, 11) is 0. The summed E-state index contributed by atoms with van der Waals surface area (Å²) in [6, 6.07) is 2.80. The standard InChI is InChI=1S/C18H19F3N4O2/c1-8-16(11-3-2-10(7-15(11)27)18(19,20)21)24-25-17(22-8)23-13-5-9-4-12(13)14(26)6-9/h2-3,7,9,12-14,26-27H,4-6H2,1H3,(H,22,23,25)/t9-,12+,13-,14+/m1/s1. The van der Waals surface area contributed by atoms with Crippen LogP contribution < -0.4 is 5.32 Å². The summed E-state index contributed by atoms with van der Waals surface area (Å²) in [6.07, 6.45) is -2.06. The third-order valence-electron chi connectivity index (χ3n) is 5.53. The summed E-state index contributed by atoms with van der Waals surface area (Å²) >= 11 is 0. The van der Waals surface area contributed by atoms with Gasteiger partial charge in [0.15, 0.2) is 0 Å². The lowest BCUT2D eigenvalue weighted by atomic mass is 9.93. The first-order valence-corrected chi connectivity index (χ1v) is 8.79. The van der Waals surface area contributed by atoms with E-state index >= 15 is 0 Å². The molecule has 2 aliphatic carbocycles. The van der Waals surface area contributed by atoms with Crippen LogP contribution in [0.25, 0.3) is 11.3 Å². The Balaban J connectivity index is 1.56. The number of aryl methyl sites for hydroxylation is 1. The molecule has 2 fully saturated rings. The maximum atomic E-state index is 12.7. The molecular weight excluding hydrogens is 361 g/mol. The molecule has 4 atom stereocenters. The molecule has 4 rings (SSSR count). The van der Waals surface area contributed by atoms with Crippen molar-refractivity contribution in [1.82, 2.24) is 15.2 Å². The zero-order valence-electron chi connectivity index (χ0n) is 14.5. The Labute approximate surface area is 153 Å². The van der Waals surface area contributed by atoms with E-state index < -0.39 is 17.5 Å². The molecule has 1 heterocycles. The molecule has 2 bridgehead atoms. The Bertz CT molecular complexity index is 874. The number of nitrogens with zero attached hydrogens (tertiary/aromatic N) is 3. The number of rotatable bonds is 3. The van der Waals surface area contributed by atoms with Gasteiger partial charge < -0.3 is 15.5 Å². The van der Waals surface area contributed by atoms with Crippen LogP contribution in [0.15, 0.2) is 18.2 Å². The molecule has 0 amide bonds. The zero-order chi connectivity index (χ0) is 19.3. The van der Waals surface area contributed by atoms with E-state index in [9.17, 15) is 23.4 Å². The van der Waals surface area contributed by atoms with E-state index in [4.69, 9.17) is 0 Å². The molecule has 1 aromatic heterocycles. The Morgan fingerprint density at radius 3 is 2.52 bits per heavy atom. The monoisotopic (exact) mass is 380 g/mol. The summed E-state index contributed by atoms with van der Waals surface area (Å²) in [5.74, 6) is 0.478. The number of nitrogens with one attached hydrogen (secondary N) is 1. The average Bonchev–Trinajstić information content (AvgIpc) is 3.13. The van der Waals surface area contributed by atoms with E-state index in [2.05, 4.69) is 20.5 Å². The molecule has 2 saturated carbocycles. The Morgan fingerprint density at radius 1 is 1.15 bits per heavy atom. The second kappa shape index (κ2) is 6.33. The lowest BCUT2D eigenvalue weighted by molar-refractivity contribution is -0.137. The Kier molecular flexibility index (Phi) is 4.21. The number of anilines is 1. The van der Waals surface area contributed by atoms with Crippen molar-refractivity contribution in [2.75, 3.05) is 5.32 Å². The molecule has 27 heavy (non-hydrogen) atoms. The highest BCUT2D eigenvalue weighted by molar-refractivity contribution is 5.69. The van der Waals surface area contributed by atoms with Crippen molar-refractivity contribution in [1.29, 1.82) is 0 Å². The molecule has 9 heteroatoms. The van der Waals surface area contributed by atoms with Gasteiger partial charge in [0.2, 0.25) is 5.95 Å². The van der Waals surface area contributed by atoms with Crippen LogP contribution in [0.2, 0.25) is 0 Å². The quantitative estimate of drug-likeness (QED) is 0.758. The summed E-state index contributed by atoms with van der Waals surface area (Å²) < 4.78 is 38.2. The third kappa shape index (κ3) is 3.31. The summed E-state index contributed by atoms with van der Waals surface area (Å²) in [5, 5.41) is 31.3. The number of halogens is 3. The van der Waals surface area contributed by atoms with Crippen LogP contribution in [0.5, 0.6) is 5.75 Å². The van der Waals surface area contributed by atoms with Gasteiger partial charge in [-0.2, -0.15) is 13.2 Å². The number of aliphatic hydroxyl groups excluding tert-OH is 1. The topological polar surface area (TPSA) is 91.2 Å². The van der Waals surface area contributed by atoms with Crippen LogP contribution in [0.3, 0.4) is 0 Å². The molecular formula is C18H19F3N4O2. The summed E-state index contributed by atoms with van der Waals surface area (Å²) in [4.78, 5) is 4.33. The smallest absolute Gasteiger partial charge is 0.416 e. The average molecular weight is 380 g/mol. The lowest BCUT2D eigenvalue weighted by Gasteiger charge is -2.26. The molecule has 0 spiro atoms. The van der Waals surface area contributed by atoms with E-state index in [0.29, 0.717) is 23.6 Å². The number of aromatic hydroxyl groups is 1. The Morgan fingerprint density at radius 2 is 1.93 bits per heavy atom. The normalized spacial score (nSPS) is 27.1. The highest BCUT2D eigenvalue weighted by Crippen LogP contribution is 2.45. The van der Waals surface area contributed by atoms with Crippen molar-refractivity contribution in [3.05, 3.63) is 29.5 Å². The van der Waals surface area contributed by atoms with Gasteiger partial charge >= 0.3 is 6.18 Å². The van der Waals surface area contributed by atoms with Gasteiger partial charge in [-0.05, 0) is 50.3 Å². The van der Waals surface area contributed by atoms with Gasteiger partial charge in [0.25, 0.3) is 0 Å². The van der Waals surface area contributed by atoms with E-state index in [-0.39, 0.29) is 29.3 Å². The highest BCUT2D eigenvalue weighted by Gasteiger charge is 2.45. The third-order valence-corrected chi connectivity index (χ3v) is 5.53. The van der Waals surface area contributed by atoms with Crippen molar-refractivity contribution >= 4 is 5.95 Å². The molecule has 2 aliphatic rings. The van der Waals surface area contributed by atoms with Crippen LogP contribution in [-0.2, 0) is 6.18 Å². The van der Waals surface area contributed by atoms with Gasteiger partial charge in [-0.25, -0.2) is 4.98 Å². The number of phenols is 1. The van der Waals surface area contributed by atoms with Crippen molar-refractivity contribution < 1.29 is 23.4 Å². The molecule has 0 saturated heterocycles. The molecule has 0 radical (unpaired) electrons. The highest BCUT2D eigenvalue weighted by atomic mass is 19.4. The minimum Gasteiger partial charge on any atom is -0.507 e. The second-order valence-corrected chi connectivity index (χ2v) is 7.35. The van der Waals surface area contributed by atoms with Crippen molar-refractivity contribution in [2.45, 2.75) is 44.5 Å². The van der Waals surface area contributed by atoms with Crippen molar-refractivity contribution in [2.24, 2.45) is 11.8 Å². The van der Waals surface area contributed by atoms with E-state index in [1.54, 1.807) is 6.92 Å². The number of fused-ring (bicyclic) bond motifs is 2. The van der Waals surface area contributed by atoms with E-state index in [0.717, 1.165) is 31.4 Å². The minimum atomic E-state index is -4.53. The zero-order valence-corrected chi connectivity index (χ0v) is 14.5. The maximum absolute atomic E-state index is 12.7.